The molecule has 41 heavy (non-hydrogen) atoms. The van der Waals surface area contributed by atoms with E-state index >= 15 is 0 Å². The standard InChI is InChI=1S/C32H31N3O5S/c1-38-25-12-9-23(10-13-25)26-20-41-29(34-26)19-35(30(36)17-22-7-3-2-4-8-22)32(15-5-6-16-32)31(37)33-24-11-14-27-28(18-24)40-21-39-27/h2-4,7-14,18,20H,5-6,15-17,19,21H2,1H3,(H,33,37). The molecule has 0 unspecified atom stereocenters. The van der Waals surface area contributed by atoms with Gasteiger partial charge in [-0.05, 0) is 54.8 Å². The molecule has 0 bridgehead atoms. The van der Waals surface area contributed by atoms with E-state index in [-0.39, 0.29) is 31.6 Å². The molecule has 2 heterocycles. The highest BCUT2D eigenvalue weighted by Crippen LogP contribution is 2.40. The van der Waals surface area contributed by atoms with Crippen LogP contribution in [0.2, 0.25) is 0 Å². The molecule has 0 atom stereocenters. The lowest BCUT2D eigenvalue weighted by Crippen LogP contribution is -2.57. The lowest BCUT2D eigenvalue weighted by molar-refractivity contribution is -0.145. The number of aromatic nitrogens is 1. The van der Waals surface area contributed by atoms with E-state index in [9.17, 15) is 9.59 Å². The quantitative estimate of drug-likeness (QED) is 0.263. The molecule has 1 aromatic heterocycles. The summed E-state index contributed by atoms with van der Waals surface area (Å²) in [5.74, 6) is 1.73. The summed E-state index contributed by atoms with van der Waals surface area (Å²) in [5.41, 5.74) is 2.32. The molecule has 210 valence electrons. The molecule has 1 saturated carbocycles. The summed E-state index contributed by atoms with van der Waals surface area (Å²) in [6, 6.07) is 22.7. The molecule has 0 spiro atoms. The summed E-state index contributed by atoms with van der Waals surface area (Å²) in [7, 11) is 1.64. The van der Waals surface area contributed by atoms with E-state index < -0.39 is 5.54 Å². The molecule has 1 N–H and O–H groups in total. The fraction of sp³-hybridized carbons (Fsp3) is 0.281. The van der Waals surface area contributed by atoms with E-state index in [4.69, 9.17) is 19.2 Å². The summed E-state index contributed by atoms with van der Waals surface area (Å²) in [4.78, 5) is 34.8. The number of amides is 2. The monoisotopic (exact) mass is 569 g/mol. The van der Waals surface area contributed by atoms with Crippen molar-refractivity contribution >= 4 is 28.8 Å². The Balaban J connectivity index is 1.30. The number of ether oxygens (including phenoxy) is 3. The average Bonchev–Trinajstić information content (AvgIpc) is 3.78. The van der Waals surface area contributed by atoms with E-state index in [0.717, 1.165) is 40.4 Å². The van der Waals surface area contributed by atoms with Crippen LogP contribution in [-0.4, -0.2) is 41.1 Å². The third-order valence-corrected chi connectivity index (χ3v) is 8.56. The van der Waals surface area contributed by atoms with Crippen LogP contribution < -0.4 is 19.5 Å². The van der Waals surface area contributed by atoms with Gasteiger partial charge < -0.3 is 24.4 Å². The van der Waals surface area contributed by atoms with Gasteiger partial charge in [0.25, 0.3) is 0 Å². The molecule has 4 aromatic rings. The Morgan fingerprint density at radius 3 is 2.51 bits per heavy atom. The van der Waals surface area contributed by atoms with E-state index in [2.05, 4.69) is 5.32 Å². The van der Waals surface area contributed by atoms with E-state index in [0.29, 0.717) is 30.0 Å². The van der Waals surface area contributed by atoms with Crippen LogP contribution in [0.1, 0.15) is 36.3 Å². The number of nitrogens with zero attached hydrogens (tertiary/aromatic N) is 2. The van der Waals surface area contributed by atoms with Gasteiger partial charge in [0, 0.05) is 22.7 Å². The Labute approximate surface area is 242 Å². The number of hydrogen-bond acceptors (Lipinski definition) is 7. The maximum Gasteiger partial charge on any atom is 0.250 e. The molecule has 9 heteroatoms. The second kappa shape index (κ2) is 11.6. The van der Waals surface area contributed by atoms with Crippen LogP contribution in [0.5, 0.6) is 17.2 Å². The predicted octanol–water partition coefficient (Wildman–Crippen LogP) is 6.07. The van der Waals surface area contributed by atoms with Crippen molar-refractivity contribution in [1.29, 1.82) is 0 Å². The zero-order valence-electron chi connectivity index (χ0n) is 22.8. The highest BCUT2D eigenvalue weighted by Gasteiger charge is 2.48. The van der Waals surface area contributed by atoms with Crippen molar-refractivity contribution in [2.45, 2.75) is 44.2 Å². The SMILES string of the molecule is COc1ccc(-c2csc(CN(C(=O)Cc3ccccc3)C3(C(=O)Nc4ccc5c(c4)OCO5)CCCC3)n2)cc1. The molecule has 6 rings (SSSR count). The summed E-state index contributed by atoms with van der Waals surface area (Å²) in [5, 5.41) is 5.85. The first-order valence-corrected chi connectivity index (χ1v) is 14.6. The van der Waals surface area contributed by atoms with Gasteiger partial charge in [-0.2, -0.15) is 0 Å². The maximum absolute atomic E-state index is 14.1. The number of benzene rings is 3. The molecule has 1 aliphatic heterocycles. The van der Waals surface area contributed by atoms with E-state index in [1.54, 1.807) is 30.2 Å². The van der Waals surface area contributed by atoms with Gasteiger partial charge in [-0.25, -0.2) is 4.98 Å². The largest absolute Gasteiger partial charge is 0.497 e. The van der Waals surface area contributed by atoms with Gasteiger partial charge in [0.05, 0.1) is 25.8 Å². The molecule has 0 radical (unpaired) electrons. The number of hydrogen-bond donors (Lipinski definition) is 1. The van der Waals surface area contributed by atoms with Crippen LogP contribution in [0.15, 0.2) is 78.2 Å². The van der Waals surface area contributed by atoms with Gasteiger partial charge >= 0.3 is 0 Å². The molecule has 0 saturated heterocycles. The summed E-state index contributed by atoms with van der Waals surface area (Å²) < 4.78 is 16.2. The average molecular weight is 570 g/mol. The molecule has 1 fully saturated rings. The number of fused-ring (bicyclic) bond motifs is 1. The minimum atomic E-state index is -0.992. The van der Waals surface area contributed by atoms with Crippen molar-refractivity contribution in [3.8, 4) is 28.5 Å². The van der Waals surface area contributed by atoms with Crippen molar-refractivity contribution in [3.05, 3.63) is 88.7 Å². The lowest BCUT2D eigenvalue weighted by atomic mass is 9.92. The number of methoxy groups -OCH3 is 1. The van der Waals surface area contributed by atoms with Crippen molar-refractivity contribution < 1.29 is 23.8 Å². The van der Waals surface area contributed by atoms with Gasteiger partial charge in [-0.15, -0.1) is 11.3 Å². The Morgan fingerprint density at radius 1 is 1.00 bits per heavy atom. The van der Waals surface area contributed by atoms with Crippen LogP contribution in [0.3, 0.4) is 0 Å². The summed E-state index contributed by atoms with van der Waals surface area (Å²) in [6.45, 7) is 0.409. The van der Waals surface area contributed by atoms with Crippen LogP contribution >= 0.6 is 11.3 Å². The summed E-state index contributed by atoms with van der Waals surface area (Å²) >= 11 is 1.49. The van der Waals surface area contributed by atoms with Gasteiger partial charge in [0.15, 0.2) is 11.5 Å². The smallest absolute Gasteiger partial charge is 0.250 e. The fourth-order valence-corrected chi connectivity index (χ4v) is 6.35. The molecular formula is C32H31N3O5S. The van der Waals surface area contributed by atoms with E-state index in [1.807, 2.05) is 60.0 Å². The van der Waals surface area contributed by atoms with Crippen molar-refractivity contribution in [1.82, 2.24) is 9.88 Å². The zero-order valence-corrected chi connectivity index (χ0v) is 23.6. The first-order chi connectivity index (χ1) is 20.0. The Kier molecular flexibility index (Phi) is 7.61. The molecule has 8 nitrogen and oxygen atoms in total. The van der Waals surface area contributed by atoms with Gasteiger partial charge in [-0.3, -0.25) is 9.59 Å². The number of anilines is 1. The molecule has 3 aromatic carbocycles. The molecule has 2 aliphatic rings. The normalized spacial score (nSPS) is 15.0. The van der Waals surface area contributed by atoms with Crippen LogP contribution in [0.4, 0.5) is 5.69 Å². The predicted molar refractivity (Wildman–Crippen MR) is 157 cm³/mol. The first kappa shape index (κ1) is 26.8. The van der Waals surface area contributed by atoms with Crippen molar-refractivity contribution in [3.63, 3.8) is 0 Å². The zero-order chi connectivity index (χ0) is 28.2. The fourth-order valence-electron chi connectivity index (χ4n) is 5.56. The highest BCUT2D eigenvalue weighted by molar-refractivity contribution is 7.09. The van der Waals surface area contributed by atoms with Crippen molar-refractivity contribution in [2.24, 2.45) is 0 Å². The number of thiazole rings is 1. The molecule has 1 aliphatic carbocycles. The second-order valence-electron chi connectivity index (χ2n) is 10.3. The number of nitrogens with one attached hydrogen (secondary N) is 1. The number of rotatable bonds is 9. The third kappa shape index (κ3) is 5.63. The number of carbonyl (C=O) groups is 2. The first-order valence-electron chi connectivity index (χ1n) is 13.7. The minimum absolute atomic E-state index is 0.0971. The van der Waals surface area contributed by atoms with Gasteiger partial charge in [0.1, 0.15) is 16.3 Å². The van der Waals surface area contributed by atoms with Crippen LogP contribution in [-0.2, 0) is 22.6 Å². The Morgan fingerprint density at radius 2 is 1.76 bits per heavy atom. The van der Waals surface area contributed by atoms with Gasteiger partial charge in [0.2, 0.25) is 18.6 Å². The lowest BCUT2D eigenvalue weighted by Gasteiger charge is -2.40. The second-order valence-corrected chi connectivity index (χ2v) is 11.2. The topological polar surface area (TPSA) is 90.0 Å². The third-order valence-electron chi connectivity index (χ3n) is 7.73. The van der Waals surface area contributed by atoms with Crippen LogP contribution in [0, 0.1) is 0 Å². The van der Waals surface area contributed by atoms with Crippen LogP contribution in [0.25, 0.3) is 11.3 Å². The van der Waals surface area contributed by atoms with E-state index in [1.165, 1.54) is 11.3 Å². The highest BCUT2D eigenvalue weighted by atomic mass is 32.1. The van der Waals surface area contributed by atoms with Gasteiger partial charge in [-0.1, -0.05) is 43.2 Å². The van der Waals surface area contributed by atoms with Crippen molar-refractivity contribution in [2.75, 3.05) is 19.2 Å². The molecule has 2 amide bonds. The number of carbonyl (C=O) groups excluding carboxylic acids is 2. The maximum atomic E-state index is 14.1. The minimum Gasteiger partial charge on any atom is -0.497 e. The Hall–Kier alpha value is -4.37. The summed E-state index contributed by atoms with van der Waals surface area (Å²) in [6.07, 6.45) is 3.09. The molecular weight excluding hydrogens is 538 g/mol. The Bertz CT molecular complexity index is 1530.